The Labute approximate surface area is 174 Å². The van der Waals surface area contributed by atoms with Crippen molar-refractivity contribution in [3.63, 3.8) is 0 Å². The number of rotatable bonds is 5. The van der Waals surface area contributed by atoms with Crippen molar-refractivity contribution < 1.29 is 4.79 Å². The third kappa shape index (κ3) is 3.94. The molecule has 1 aliphatic heterocycles. The van der Waals surface area contributed by atoms with E-state index in [-0.39, 0.29) is 17.5 Å². The highest BCUT2D eigenvalue weighted by atomic mass is 32.2. The summed E-state index contributed by atoms with van der Waals surface area (Å²) in [5.41, 5.74) is 1.54. The molecule has 1 aliphatic rings. The lowest BCUT2D eigenvalue weighted by atomic mass is 10.1. The van der Waals surface area contributed by atoms with E-state index in [0.29, 0.717) is 16.1 Å². The van der Waals surface area contributed by atoms with Crippen molar-refractivity contribution in [3.8, 4) is 0 Å². The normalized spacial score (nSPS) is 15.2. The largest absolute Gasteiger partial charge is 0.341 e. The molecule has 4 rings (SSSR count). The first kappa shape index (κ1) is 19.7. The molecule has 3 aromatic rings. The molecular formula is C23H25N3O2S. The molecule has 150 valence electrons. The Hall–Kier alpha value is -2.60. The maximum Gasteiger partial charge on any atom is 0.262 e. The lowest BCUT2D eigenvalue weighted by Crippen LogP contribution is -2.32. The average molecular weight is 408 g/mol. The van der Waals surface area contributed by atoms with E-state index in [1.165, 1.54) is 11.8 Å². The van der Waals surface area contributed by atoms with Crippen LogP contribution in [-0.4, -0.2) is 33.4 Å². The van der Waals surface area contributed by atoms with Crippen molar-refractivity contribution >= 4 is 28.6 Å². The quantitative estimate of drug-likeness (QED) is 0.464. The van der Waals surface area contributed by atoms with Crippen LogP contribution in [0.2, 0.25) is 0 Å². The van der Waals surface area contributed by atoms with Crippen molar-refractivity contribution in [2.45, 2.75) is 43.1 Å². The minimum Gasteiger partial charge on any atom is -0.341 e. The van der Waals surface area contributed by atoms with Crippen molar-refractivity contribution in [1.29, 1.82) is 0 Å². The van der Waals surface area contributed by atoms with Crippen LogP contribution in [0.1, 0.15) is 43.5 Å². The van der Waals surface area contributed by atoms with E-state index in [2.05, 4.69) is 0 Å². The molecule has 1 saturated heterocycles. The van der Waals surface area contributed by atoms with Crippen LogP contribution in [0.15, 0.2) is 64.5 Å². The second-order valence-corrected chi connectivity index (χ2v) is 8.69. The average Bonchev–Trinajstić information content (AvgIpc) is 3.27. The molecule has 29 heavy (non-hydrogen) atoms. The molecule has 2 heterocycles. The fraction of sp³-hybridized carbons (Fsp3) is 0.348. The fourth-order valence-electron chi connectivity index (χ4n) is 3.76. The van der Waals surface area contributed by atoms with E-state index < -0.39 is 5.25 Å². The monoisotopic (exact) mass is 407 g/mol. The van der Waals surface area contributed by atoms with Gasteiger partial charge in [0, 0.05) is 19.1 Å². The summed E-state index contributed by atoms with van der Waals surface area (Å²) >= 11 is 1.38. The van der Waals surface area contributed by atoms with Crippen LogP contribution in [-0.2, 0) is 4.79 Å². The van der Waals surface area contributed by atoms with Gasteiger partial charge in [-0.1, -0.05) is 54.2 Å². The highest BCUT2D eigenvalue weighted by Gasteiger charge is 2.30. The lowest BCUT2D eigenvalue weighted by Gasteiger charge is -2.24. The Kier molecular flexibility index (Phi) is 5.72. The Bertz CT molecular complexity index is 1070. The SMILES string of the molecule is CC(C)n1c(S[C@H](C(=O)N2CCCC2)c2ccccc2)nc2ccccc2c1=O. The second kappa shape index (κ2) is 8.41. The minimum absolute atomic E-state index is 0.0552. The standard InChI is InChI=1S/C23H25N3O2S/c1-16(2)26-21(27)18-12-6-7-13-19(18)24-23(26)29-20(17-10-4-3-5-11-17)22(28)25-14-8-9-15-25/h3-7,10-13,16,20H,8-9,14-15H2,1-2H3/t20-/m0/s1. The van der Waals surface area contributed by atoms with Crippen molar-refractivity contribution in [3.05, 3.63) is 70.5 Å². The third-order valence-corrected chi connectivity index (χ3v) is 6.47. The second-order valence-electron chi connectivity index (χ2n) is 7.62. The van der Waals surface area contributed by atoms with Crippen LogP contribution in [0.25, 0.3) is 10.9 Å². The number of carbonyl (C=O) groups excluding carboxylic acids is 1. The first-order valence-electron chi connectivity index (χ1n) is 10.1. The summed E-state index contributed by atoms with van der Waals surface area (Å²) in [4.78, 5) is 33.2. The number of fused-ring (bicyclic) bond motifs is 1. The van der Waals surface area contributed by atoms with Gasteiger partial charge in [0.2, 0.25) is 5.91 Å². The van der Waals surface area contributed by atoms with E-state index in [1.807, 2.05) is 73.3 Å². The van der Waals surface area contributed by atoms with Crippen molar-refractivity contribution in [2.75, 3.05) is 13.1 Å². The number of hydrogen-bond donors (Lipinski definition) is 0. The van der Waals surface area contributed by atoms with Gasteiger partial charge >= 0.3 is 0 Å². The topological polar surface area (TPSA) is 55.2 Å². The van der Waals surface area contributed by atoms with Gasteiger partial charge in [-0.2, -0.15) is 0 Å². The number of amides is 1. The van der Waals surface area contributed by atoms with Gasteiger partial charge < -0.3 is 4.90 Å². The minimum atomic E-state index is -0.424. The van der Waals surface area contributed by atoms with E-state index in [9.17, 15) is 9.59 Å². The van der Waals surface area contributed by atoms with Gasteiger partial charge in [0.15, 0.2) is 5.16 Å². The Morgan fingerprint density at radius 2 is 1.66 bits per heavy atom. The molecule has 0 N–H and O–H groups in total. The van der Waals surface area contributed by atoms with Crippen molar-refractivity contribution in [1.82, 2.24) is 14.5 Å². The number of hydrogen-bond acceptors (Lipinski definition) is 4. The fourth-order valence-corrected chi connectivity index (χ4v) is 5.07. The third-order valence-electron chi connectivity index (χ3n) is 5.26. The molecule has 5 nitrogen and oxygen atoms in total. The van der Waals surface area contributed by atoms with Gasteiger partial charge in [-0.05, 0) is 44.4 Å². The first-order chi connectivity index (χ1) is 14.1. The number of nitrogens with zero attached hydrogens (tertiary/aromatic N) is 3. The summed E-state index contributed by atoms with van der Waals surface area (Å²) in [5, 5.41) is 0.769. The van der Waals surface area contributed by atoms with Crippen molar-refractivity contribution in [2.24, 2.45) is 0 Å². The summed E-state index contributed by atoms with van der Waals surface area (Å²) in [6.45, 7) is 5.54. The molecule has 1 amide bonds. The number of benzene rings is 2. The van der Waals surface area contributed by atoms with Crippen LogP contribution in [0.3, 0.4) is 0 Å². The van der Waals surface area contributed by atoms with E-state index in [4.69, 9.17) is 4.98 Å². The maximum atomic E-state index is 13.4. The molecular weight excluding hydrogens is 382 g/mol. The molecule has 6 heteroatoms. The smallest absolute Gasteiger partial charge is 0.262 e. The summed E-state index contributed by atoms with van der Waals surface area (Å²) in [5.74, 6) is 0.0939. The van der Waals surface area contributed by atoms with Gasteiger partial charge in [0.05, 0.1) is 10.9 Å². The maximum absolute atomic E-state index is 13.4. The summed E-state index contributed by atoms with van der Waals surface area (Å²) in [6, 6.07) is 17.1. The number of aromatic nitrogens is 2. The zero-order chi connectivity index (χ0) is 20.4. The number of likely N-dealkylation sites (tertiary alicyclic amines) is 1. The van der Waals surface area contributed by atoms with E-state index in [1.54, 1.807) is 4.57 Å². The van der Waals surface area contributed by atoms with E-state index in [0.717, 1.165) is 31.5 Å². The highest BCUT2D eigenvalue weighted by molar-refractivity contribution is 8.00. The summed E-state index contributed by atoms with van der Waals surface area (Å²) < 4.78 is 1.71. The molecule has 2 aromatic carbocycles. The number of thioether (sulfide) groups is 1. The molecule has 1 fully saturated rings. The Morgan fingerprint density at radius 1 is 1.00 bits per heavy atom. The predicted molar refractivity (Wildman–Crippen MR) is 117 cm³/mol. The van der Waals surface area contributed by atoms with Gasteiger partial charge in [-0.15, -0.1) is 0 Å². The zero-order valence-corrected chi connectivity index (χ0v) is 17.6. The number of carbonyl (C=O) groups is 1. The molecule has 1 atom stereocenters. The summed E-state index contributed by atoms with van der Waals surface area (Å²) in [7, 11) is 0. The van der Waals surface area contributed by atoms with Crippen LogP contribution < -0.4 is 5.56 Å². The molecule has 0 radical (unpaired) electrons. The molecule has 0 aliphatic carbocycles. The number of para-hydroxylation sites is 1. The summed E-state index contributed by atoms with van der Waals surface area (Å²) in [6.07, 6.45) is 2.09. The Balaban J connectivity index is 1.81. The zero-order valence-electron chi connectivity index (χ0n) is 16.7. The van der Waals surface area contributed by atoms with Gasteiger partial charge in [0.25, 0.3) is 5.56 Å². The molecule has 0 spiro atoms. The molecule has 0 bridgehead atoms. The highest BCUT2D eigenvalue weighted by Crippen LogP contribution is 2.37. The predicted octanol–water partition coefficient (Wildman–Crippen LogP) is 4.43. The van der Waals surface area contributed by atoms with Crippen LogP contribution in [0.4, 0.5) is 0 Å². The molecule has 0 saturated carbocycles. The van der Waals surface area contributed by atoms with Crippen LogP contribution >= 0.6 is 11.8 Å². The van der Waals surface area contributed by atoms with Crippen LogP contribution in [0, 0.1) is 0 Å². The molecule has 1 aromatic heterocycles. The van der Waals surface area contributed by atoms with Gasteiger partial charge in [-0.25, -0.2) is 4.98 Å². The van der Waals surface area contributed by atoms with Gasteiger partial charge in [-0.3, -0.25) is 14.2 Å². The lowest BCUT2D eigenvalue weighted by molar-refractivity contribution is -0.129. The molecule has 0 unspecified atom stereocenters. The first-order valence-corrected chi connectivity index (χ1v) is 11.0. The van der Waals surface area contributed by atoms with E-state index >= 15 is 0 Å². The van der Waals surface area contributed by atoms with Gasteiger partial charge in [0.1, 0.15) is 5.25 Å². The Morgan fingerprint density at radius 3 is 2.34 bits per heavy atom. The van der Waals surface area contributed by atoms with Crippen LogP contribution in [0.5, 0.6) is 0 Å².